The van der Waals surface area contributed by atoms with Crippen LogP contribution < -0.4 is 5.32 Å². The van der Waals surface area contributed by atoms with E-state index in [1.807, 2.05) is 18.7 Å². The summed E-state index contributed by atoms with van der Waals surface area (Å²) in [5.41, 5.74) is 2.58. The lowest BCUT2D eigenvalue weighted by Gasteiger charge is -2.22. The van der Waals surface area contributed by atoms with Crippen LogP contribution in [0.5, 0.6) is 0 Å². The Balaban J connectivity index is 0.00000182. The molecule has 0 spiro atoms. The molecule has 1 unspecified atom stereocenters. The third-order valence-electron chi connectivity index (χ3n) is 4.77. The van der Waals surface area contributed by atoms with Crippen molar-refractivity contribution < 1.29 is 9.32 Å². The number of hydrogen-bond donors (Lipinski definition) is 2. The van der Waals surface area contributed by atoms with Crippen molar-refractivity contribution in [2.24, 2.45) is 0 Å². The minimum atomic E-state index is -0.127. The van der Waals surface area contributed by atoms with Crippen LogP contribution in [0.25, 0.3) is 0 Å². The average Bonchev–Trinajstić information content (AvgIpc) is 3.31. The molecule has 0 bridgehead atoms. The molecule has 1 fully saturated rings. The fourth-order valence-electron chi connectivity index (χ4n) is 3.43. The number of H-pyrrole nitrogens is 1. The highest BCUT2D eigenvalue weighted by Crippen LogP contribution is 2.32. The summed E-state index contributed by atoms with van der Waals surface area (Å²) in [6.07, 6.45) is 2.67. The van der Waals surface area contributed by atoms with Gasteiger partial charge in [-0.3, -0.25) is 9.89 Å². The largest absolute Gasteiger partial charge is 0.339 e. The zero-order chi connectivity index (χ0) is 16.7. The second-order valence-corrected chi connectivity index (χ2v) is 6.76. The third-order valence-corrected chi connectivity index (χ3v) is 4.77. The Hall–Kier alpha value is -1.93. The van der Waals surface area contributed by atoms with Crippen LogP contribution in [0.15, 0.2) is 4.52 Å². The van der Waals surface area contributed by atoms with Crippen LogP contribution in [0, 0.1) is 0 Å². The Morgan fingerprint density at radius 3 is 3.00 bits per heavy atom. The number of aromatic amines is 1. The minimum absolute atomic E-state index is 0. The molecule has 1 amide bonds. The summed E-state index contributed by atoms with van der Waals surface area (Å²) in [5, 5.41) is 14.7. The van der Waals surface area contributed by atoms with Crippen molar-refractivity contribution in [1.29, 1.82) is 0 Å². The first-order valence-corrected chi connectivity index (χ1v) is 8.56. The maximum atomic E-state index is 13.0. The molecule has 2 aromatic heterocycles. The fourth-order valence-corrected chi connectivity index (χ4v) is 3.43. The van der Waals surface area contributed by atoms with Gasteiger partial charge >= 0.3 is 0 Å². The van der Waals surface area contributed by atoms with Crippen molar-refractivity contribution in [2.45, 2.75) is 51.6 Å². The Bertz CT molecular complexity index is 756. The number of rotatable bonds is 3. The van der Waals surface area contributed by atoms with Gasteiger partial charge in [0.15, 0.2) is 11.5 Å². The SMILES string of the molecule is CC(C)c1nc(C2CCCN2C(=O)c2n[nH]c3c2CNCC3)no1.Cl. The number of nitrogens with zero attached hydrogens (tertiary/aromatic N) is 4. The van der Waals surface area contributed by atoms with Crippen molar-refractivity contribution in [3.63, 3.8) is 0 Å². The van der Waals surface area contributed by atoms with Crippen molar-refractivity contribution in [3.05, 3.63) is 28.7 Å². The highest BCUT2D eigenvalue weighted by atomic mass is 35.5. The zero-order valence-corrected chi connectivity index (χ0v) is 15.2. The molecule has 1 saturated heterocycles. The van der Waals surface area contributed by atoms with Crippen molar-refractivity contribution in [2.75, 3.05) is 13.1 Å². The average molecular weight is 367 g/mol. The molecule has 0 radical (unpaired) electrons. The molecule has 4 rings (SSSR count). The van der Waals surface area contributed by atoms with E-state index in [-0.39, 0.29) is 30.3 Å². The molecule has 2 aliphatic rings. The predicted octanol–water partition coefficient (Wildman–Crippen LogP) is 1.96. The normalized spacial score (nSPS) is 19.8. The quantitative estimate of drug-likeness (QED) is 0.861. The van der Waals surface area contributed by atoms with Gasteiger partial charge in [-0.2, -0.15) is 10.1 Å². The molecule has 2 aromatic rings. The topological polar surface area (TPSA) is 99.9 Å². The number of likely N-dealkylation sites (tertiary alicyclic amines) is 1. The molecular formula is C16H23ClN6O2. The second kappa shape index (κ2) is 7.13. The molecule has 2 aliphatic heterocycles. The molecule has 2 N–H and O–H groups in total. The van der Waals surface area contributed by atoms with Gasteiger partial charge in [0, 0.05) is 43.2 Å². The van der Waals surface area contributed by atoms with Gasteiger partial charge in [0.2, 0.25) is 5.89 Å². The number of carbonyl (C=O) groups is 1. The smallest absolute Gasteiger partial charge is 0.275 e. The standard InChI is InChI=1S/C16H22N6O2.ClH/c1-9(2)15-18-14(21-24-15)12-4-3-7-22(12)16(23)13-10-8-17-6-5-11(10)19-20-13;/h9,12,17H,3-8H2,1-2H3,(H,19,20);1H. The lowest BCUT2D eigenvalue weighted by atomic mass is 10.1. The van der Waals surface area contributed by atoms with Crippen LogP contribution in [0.3, 0.4) is 0 Å². The number of amides is 1. The van der Waals surface area contributed by atoms with Gasteiger partial charge in [0.05, 0.1) is 6.04 Å². The Morgan fingerprint density at radius 2 is 2.24 bits per heavy atom. The van der Waals surface area contributed by atoms with Crippen LogP contribution >= 0.6 is 12.4 Å². The number of fused-ring (bicyclic) bond motifs is 1. The maximum Gasteiger partial charge on any atom is 0.275 e. The number of halogens is 1. The summed E-state index contributed by atoms with van der Waals surface area (Å²) in [7, 11) is 0. The first kappa shape index (κ1) is 17.9. The molecular weight excluding hydrogens is 344 g/mol. The monoisotopic (exact) mass is 366 g/mol. The molecule has 8 nitrogen and oxygen atoms in total. The molecule has 25 heavy (non-hydrogen) atoms. The summed E-state index contributed by atoms with van der Waals surface area (Å²) >= 11 is 0. The van der Waals surface area contributed by atoms with Gasteiger partial charge in [-0.1, -0.05) is 19.0 Å². The van der Waals surface area contributed by atoms with Crippen LogP contribution in [-0.2, 0) is 13.0 Å². The Morgan fingerprint density at radius 1 is 1.40 bits per heavy atom. The van der Waals surface area contributed by atoms with Crippen molar-refractivity contribution in [3.8, 4) is 0 Å². The zero-order valence-electron chi connectivity index (χ0n) is 14.4. The van der Waals surface area contributed by atoms with E-state index in [4.69, 9.17) is 4.52 Å². The van der Waals surface area contributed by atoms with Crippen molar-refractivity contribution >= 4 is 18.3 Å². The number of hydrogen-bond acceptors (Lipinski definition) is 6. The molecule has 4 heterocycles. The maximum absolute atomic E-state index is 13.0. The highest BCUT2D eigenvalue weighted by molar-refractivity contribution is 5.94. The molecule has 9 heteroatoms. The Labute approximate surface area is 152 Å². The van der Waals surface area contributed by atoms with Crippen LogP contribution in [0.2, 0.25) is 0 Å². The molecule has 1 atom stereocenters. The molecule has 0 aromatic carbocycles. The van der Waals surface area contributed by atoms with Crippen LogP contribution in [-0.4, -0.2) is 44.2 Å². The lowest BCUT2D eigenvalue weighted by molar-refractivity contribution is 0.0721. The molecule has 0 saturated carbocycles. The van der Waals surface area contributed by atoms with E-state index in [1.54, 1.807) is 0 Å². The summed E-state index contributed by atoms with van der Waals surface area (Å²) in [4.78, 5) is 19.3. The van der Waals surface area contributed by atoms with E-state index < -0.39 is 0 Å². The van der Waals surface area contributed by atoms with Gasteiger partial charge in [-0.25, -0.2) is 0 Å². The summed E-state index contributed by atoms with van der Waals surface area (Å²) < 4.78 is 5.32. The van der Waals surface area contributed by atoms with E-state index in [1.165, 1.54) is 0 Å². The number of nitrogens with one attached hydrogen (secondary N) is 2. The van der Waals surface area contributed by atoms with E-state index in [0.29, 0.717) is 30.5 Å². The summed E-state index contributed by atoms with van der Waals surface area (Å²) in [6, 6.07) is -0.127. The summed E-state index contributed by atoms with van der Waals surface area (Å²) in [5.74, 6) is 1.36. The fraction of sp³-hybridized carbons (Fsp3) is 0.625. The Kier molecular flexibility index (Phi) is 5.10. The third kappa shape index (κ3) is 3.16. The molecule has 136 valence electrons. The highest BCUT2D eigenvalue weighted by Gasteiger charge is 2.36. The number of aromatic nitrogens is 4. The lowest BCUT2D eigenvalue weighted by Crippen LogP contribution is -2.33. The second-order valence-electron chi connectivity index (χ2n) is 6.76. The minimum Gasteiger partial charge on any atom is -0.339 e. The first-order chi connectivity index (χ1) is 11.6. The predicted molar refractivity (Wildman–Crippen MR) is 92.6 cm³/mol. The van der Waals surface area contributed by atoms with Gasteiger partial charge in [-0.05, 0) is 12.8 Å². The van der Waals surface area contributed by atoms with Gasteiger partial charge in [-0.15, -0.1) is 12.4 Å². The van der Waals surface area contributed by atoms with Crippen LogP contribution in [0.4, 0.5) is 0 Å². The molecule has 0 aliphatic carbocycles. The van der Waals surface area contributed by atoms with Crippen LogP contribution in [0.1, 0.15) is 72.1 Å². The first-order valence-electron chi connectivity index (χ1n) is 8.56. The van der Waals surface area contributed by atoms with Gasteiger partial charge in [0.1, 0.15) is 0 Å². The van der Waals surface area contributed by atoms with E-state index in [2.05, 4.69) is 25.7 Å². The number of carbonyl (C=O) groups excluding carboxylic acids is 1. The van der Waals surface area contributed by atoms with Gasteiger partial charge in [0.25, 0.3) is 5.91 Å². The van der Waals surface area contributed by atoms with E-state index in [0.717, 1.165) is 37.1 Å². The van der Waals surface area contributed by atoms with Crippen molar-refractivity contribution in [1.82, 2.24) is 30.6 Å². The summed E-state index contributed by atoms with van der Waals surface area (Å²) in [6.45, 7) is 6.32. The van der Waals surface area contributed by atoms with E-state index in [9.17, 15) is 4.79 Å². The van der Waals surface area contributed by atoms with E-state index >= 15 is 0 Å². The van der Waals surface area contributed by atoms with Gasteiger partial charge < -0.3 is 14.7 Å².